The van der Waals surface area contributed by atoms with Crippen LogP contribution in [0.15, 0.2) is 29.5 Å². The Hall–Kier alpha value is -1.76. The van der Waals surface area contributed by atoms with Crippen molar-refractivity contribution in [1.29, 1.82) is 0 Å². The molecule has 0 unspecified atom stereocenters. The monoisotopic (exact) mass is 301 g/mol. The highest BCUT2D eigenvalue weighted by molar-refractivity contribution is 5.53. The molecule has 2 aliphatic heterocycles. The third kappa shape index (κ3) is 2.46. The Morgan fingerprint density at radius 2 is 2.00 bits per heavy atom. The van der Waals surface area contributed by atoms with E-state index in [0.717, 1.165) is 37.3 Å². The summed E-state index contributed by atoms with van der Waals surface area (Å²) in [4.78, 5) is 0. The molecule has 3 rings (SSSR count). The summed E-state index contributed by atoms with van der Waals surface area (Å²) in [5.74, 6) is -1.24. The lowest BCUT2D eigenvalue weighted by molar-refractivity contribution is -0.139. The number of rotatable bonds is 1. The van der Waals surface area contributed by atoms with E-state index in [9.17, 15) is 17.6 Å². The number of hydrogen-bond donors (Lipinski definition) is 1. The van der Waals surface area contributed by atoms with Gasteiger partial charge in [-0.1, -0.05) is 0 Å². The van der Waals surface area contributed by atoms with Gasteiger partial charge in [0.25, 0.3) is 0 Å². The summed E-state index contributed by atoms with van der Waals surface area (Å²) in [6.07, 6.45) is -3.84. The predicted molar refractivity (Wildman–Crippen MR) is 71.0 cm³/mol. The smallest absolute Gasteiger partial charge is 0.312 e. The van der Waals surface area contributed by atoms with Gasteiger partial charge in [-0.05, 0) is 23.8 Å². The van der Waals surface area contributed by atoms with Crippen molar-refractivity contribution in [3.63, 3.8) is 0 Å². The first kappa shape index (κ1) is 14.2. The van der Waals surface area contributed by atoms with Crippen LogP contribution in [0.4, 0.5) is 23.2 Å². The number of nitrogens with zero attached hydrogens (tertiary/aromatic N) is 2. The second kappa shape index (κ2) is 4.91. The number of nitrogens with one attached hydrogen (secondary N) is 1. The third-order valence-electron chi connectivity index (χ3n) is 3.93. The molecule has 0 fully saturated rings. The fraction of sp³-hybridized carbons (Fsp3) is 0.429. The van der Waals surface area contributed by atoms with Crippen LogP contribution in [-0.2, 0) is 6.18 Å². The molecule has 114 valence electrons. The number of hydrazine groups is 1. The Labute approximate surface area is 119 Å². The number of anilines is 1. The molecule has 2 aliphatic rings. The van der Waals surface area contributed by atoms with E-state index in [1.165, 1.54) is 11.6 Å². The quantitative estimate of drug-likeness (QED) is 0.805. The fourth-order valence-corrected chi connectivity index (χ4v) is 2.85. The molecule has 2 heterocycles. The van der Waals surface area contributed by atoms with Gasteiger partial charge in [0, 0.05) is 32.3 Å². The maximum absolute atomic E-state index is 13.4. The van der Waals surface area contributed by atoms with Gasteiger partial charge in [0.1, 0.15) is 5.82 Å². The van der Waals surface area contributed by atoms with E-state index in [4.69, 9.17) is 0 Å². The fourth-order valence-electron chi connectivity index (χ4n) is 2.85. The molecule has 21 heavy (non-hydrogen) atoms. The molecule has 1 aromatic rings. The van der Waals surface area contributed by atoms with Gasteiger partial charge < -0.3 is 5.32 Å². The van der Waals surface area contributed by atoms with Crippen LogP contribution in [0.5, 0.6) is 0 Å². The van der Waals surface area contributed by atoms with Gasteiger partial charge in [0.2, 0.25) is 0 Å². The second-order valence-corrected chi connectivity index (χ2v) is 5.22. The van der Waals surface area contributed by atoms with E-state index >= 15 is 0 Å². The van der Waals surface area contributed by atoms with Crippen molar-refractivity contribution < 1.29 is 17.6 Å². The highest BCUT2D eigenvalue weighted by Gasteiger charge is 2.36. The van der Waals surface area contributed by atoms with Gasteiger partial charge in [-0.15, -0.1) is 0 Å². The van der Waals surface area contributed by atoms with Gasteiger partial charge in [0.15, 0.2) is 0 Å². The maximum atomic E-state index is 13.4. The molecule has 0 amide bonds. The lowest BCUT2D eigenvalue weighted by Crippen LogP contribution is -2.34. The summed E-state index contributed by atoms with van der Waals surface area (Å²) < 4.78 is 51.8. The number of alkyl halides is 3. The van der Waals surface area contributed by atoms with Gasteiger partial charge in [-0.25, -0.2) is 4.39 Å². The lowest BCUT2D eigenvalue weighted by atomic mass is 10.1. The van der Waals surface area contributed by atoms with Crippen LogP contribution in [0.2, 0.25) is 0 Å². The highest BCUT2D eigenvalue weighted by Crippen LogP contribution is 2.36. The minimum Gasteiger partial charge on any atom is -0.312 e. The van der Waals surface area contributed by atoms with Crippen LogP contribution in [0.3, 0.4) is 0 Å². The molecule has 0 saturated carbocycles. The van der Waals surface area contributed by atoms with Crippen molar-refractivity contribution in [2.75, 3.05) is 31.7 Å². The van der Waals surface area contributed by atoms with E-state index in [-0.39, 0.29) is 0 Å². The largest absolute Gasteiger partial charge is 0.419 e. The first-order chi connectivity index (χ1) is 9.88. The second-order valence-electron chi connectivity index (χ2n) is 5.22. The van der Waals surface area contributed by atoms with Gasteiger partial charge in [-0.2, -0.15) is 13.2 Å². The average Bonchev–Trinajstić information content (AvgIpc) is 2.76. The molecule has 0 saturated heterocycles. The standard InChI is InChI=1S/C14H15F4N3/c1-20-13-4-5-19-7-9(13)8-21(20)10-2-3-12(15)11(6-10)14(16,17)18/h2-3,6,19H,4-5,7-8H2,1H3. The molecule has 0 bridgehead atoms. The van der Waals surface area contributed by atoms with Crippen LogP contribution in [0, 0.1) is 5.82 Å². The van der Waals surface area contributed by atoms with Gasteiger partial charge in [0.05, 0.1) is 17.8 Å². The zero-order valence-corrected chi connectivity index (χ0v) is 11.5. The number of halogens is 4. The number of hydrogen-bond acceptors (Lipinski definition) is 3. The van der Waals surface area contributed by atoms with Crippen LogP contribution in [-0.4, -0.2) is 31.7 Å². The molecule has 0 aliphatic carbocycles. The maximum Gasteiger partial charge on any atom is 0.419 e. The summed E-state index contributed by atoms with van der Waals surface area (Å²) >= 11 is 0. The summed E-state index contributed by atoms with van der Waals surface area (Å²) in [5.41, 5.74) is 1.42. The average molecular weight is 301 g/mol. The zero-order valence-electron chi connectivity index (χ0n) is 11.5. The van der Waals surface area contributed by atoms with E-state index in [1.54, 1.807) is 5.01 Å². The van der Waals surface area contributed by atoms with Gasteiger partial charge >= 0.3 is 6.18 Å². The van der Waals surface area contributed by atoms with E-state index < -0.39 is 17.6 Å². The number of benzene rings is 1. The third-order valence-corrected chi connectivity index (χ3v) is 3.93. The van der Waals surface area contributed by atoms with Crippen molar-refractivity contribution in [1.82, 2.24) is 10.3 Å². The summed E-state index contributed by atoms with van der Waals surface area (Å²) in [7, 11) is 1.82. The molecule has 3 nitrogen and oxygen atoms in total. The summed E-state index contributed by atoms with van der Waals surface area (Å²) in [5, 5.41) is 6.85. The highest BCUT2D eigenvalue weighted by atomic mass is 19.4. The molecular weight excluding hydrogens is 286 g/mol. The summed E-state index contributed by atoms with van der Waals surface area (Å²) in [6.45, 7) is 2.12. The Morgan fingerprint density at radius 3 is 2.67 bits per heavy atom. The molecule has 0 spiro atoms. The molecule has 1 aromatic carbocycles. The van der Waals surface area contributed by atoms with Crippen LogP contribution in [0.25, 0.3) is 0 Å². The van der Waals surface area contributed by atoms with Crippen molar-refractivity contribution in [2.45, 2.75) is 12.6 Å². The Kier molecular flexibility index (Phi) is 3.32. The molecule has 0 aromatic heterocycles. The predicted octanol–water partition coefficient (Wildman–Crippen LogP) is 2.76. The van der Waals surface area contributed by atoms with Crippen LogP contribution >= 0.6 is 0 Å². The van der Waals surface area contributed by atoms with E-state index in [2.05, 4.69) is 5.32 Å². The zero-order chi connectivity index (χ0) is 15.2. The topological polar surface area (TPSA) is 18.5 Å². The van der Waals surface area contributed by atoms with Crippen molar-refractivity contribution in [3.8, 4) is 0 Å². The van der Waals surface area contributed by atoms with Crippen molar-refractivity contribution >= 4 is 5.69 Å². The molecule has 0 radical (unpaired) electrons. The Morgan fingerprint density at radius 1 is 1.24 bits per heavy atom. The van der Waals surface area contributed by atoms with Gasteiger partial charge in [-0.3, -0.25) is 10.0 Å². The van der Waals surface area contributed by atoms with Crippen LogP contribution < -0.4 is 10.3 Å². The van der Waals surface area contributed by atoms with Crippen LogP contribution in [0.1, 0.15) is 12.0 Å². The Balaban J connectivity index is 1.92. The summed E-state index contributed by atoms with van der Waals surface area (Å²) in [6, 6.07) is 3.13. The minimum absolute atomic E-state index is 0.348. The van der Waals surface area contributed by atoms with E-state index in [1.807, 2.05) is 12.1 Å². The lowest BCUT2D eigenvalue weighted by Gasteiger charge is -2.31. The van der Waals surface area contributed by atoms with E-state index in [0.29, 0.717) is 12.2 Å². The SMILES string of the molecule is CN1C2=C(CNCC2)CN1c1ccc(F)c(C(F)(F)F)c1. The molecule has 1 N–H and O–H groups in total. The minimum atomic E-state index is -4.69. The first-order valence-electron chi connectivity index (χ1n) is 6.67. The molecule has 0 atom stereocenters. The Bertz CT molecular complexity index is 594. The first-order valence-corrected chi connectivity index (χ1v) is 6.67. The van der Waals surface area contributed by atoms with Crippen molar-refractivity contribution in [2.24, 2.45) is 0 Å². The molecule has 7 heteroatoms. The normalized spacial score (nSPS) is 19.3. The van der Waals surface area contributed by atoms with Crippen molar-refractivity contribution in [3.05, 3.63) is 40.8 Å². The molecular formula is C14H15F4N3.